The van der Waals surface area contributed by atoms with Gasteiger partial charge < -0.3 is 9.84 Å². The van der Waals surface area contributed by atoms with Crippen molar-refractivity contribution < 1.29 is 23.3 Å². The Bertz CT molecular complexity index is 1210. The molecule has 1 fully saturated rings. The molecule has 0 bridgehead atoms. The Kier molecular flexibility index (Phi) is 6.89. The molecular weight excluding hydrogens is 449 g/mol. The lowest BCUT2D eigenvalue weighted by atomic mass is 10.2. The van der Waals surface area contributed by atoms with E-state index in [4.69, 9.17) is 4.52 Å². The van der Waals surface area contributed by atoms with Crippen LogP contribution in [0.5, 0.6) is 0 Å². The standard InChI is InChI=1S/C22H18FN5O4S/c23-16-4-2-1-3-15(16)13-17-21(30)28(22(31)33-17)12-11-25-18(29)5-6-19-26-20(27-32-19)14-7-9-24-10-8-14/h1-4,7-10,13H,5-6,11-12H2,(H,25,29)/b17-13-. The van der Waals surface area contributed by atoms with Gasteiger partial charge in [-0.1, -0.05) is 23.4 Å². The van der Waals surface area contributed by atoms with Gasteiger partial charge in [0.25, 0.3) is 11.1 Å². The van der Waals surface area contributed by atoms with Crippen LogP contribution in [-0.2, 0) is 16.0 Å². The fraction of sp³-hybridized carbons (Fsp3) is 0.182. The normalized spacial score (nSPS) is 14.8. The molecule has 1 aliphatic rings. The molecule has 0 unspecified atom stereocenters. The van der Waals surface area contributed by atoms with Gasteiger partial charge in [-0.3, -0.25) is 24.3 Å². The van der Waals surface area contributed by atoms with E-state index in [1.165, 1.54) is 18.2 Å². The zero-order valence-electron chi connectivity index (χ0n) is 17.2. The van der Waals surface area contributed by atoms with Crippen LogP contribution in [0.15, 0.2) is 58.2 Å². The van der Waals surface area contributed by atoms with E-state index in [1.54, 1.807) is 36.7 Å². The Labute approximate surface area is 192 Å². The van der Waals surface area contributed by atoms with Gasteiger partial charge in [0.15, 0.2) is 0 Å². The summed E-state index contributed by atoms with van der Waals surface area (Å²) in [5.41, 5.74) is 0.982. The number of amides is 3. The molecule has 0 atom stereocenters. The average Bonchev–Trinajstić information content (AvgIpc) is 3.40. The summed E-state index contributed by atoms with van der Waals surface area (Å²) >= 11 is 0.740. The molecule has 1 N–H and O–H groups in total. The molecule has 33 heavy (non-hydrogen) atoms. The van der Waals surface area contributed by atoms with E-state index in [1.807, 2.05) is 0 Å². The second-order valence-corrected chi connectivity index (χ2v) is 7.95. The van der Waals surface area contributed by atoms with Gasteiger partial charge in [0.05, 0.1) is 4.91 Å². The molecule has 4 rings (SSSR count). The molecule has 11 heteroatoms. The van der Waals surface area contributed by atoms with Gasteiger partial charge in [-0.05, 0) is 36.0 Å². The second-order valence-electron chi connectivity index (χ2n) is 6.95. The summed E-state index contributed by atoms with van der Waals surface area (Å²) in [7, 11) is 0. The zero-order chi connectivity index (χ0) is 23.2. The molecule has 0 radical (unpaired) electrons. The number of hydrogen-bond donors (Lipinski definition) is 1. The van der Waals surface area contributed by atoms with Crippen LogP contribution in [0.2, 0.25) is 0 Å². The summed E-state index contributed by atoms with van der Waals surface area (Å²) < 4.78 is 19.0. The molecular formula is C22H18FN5O4S. The Morgan fingerprint density at radius 3 is 2.76 bits per heavy atom. The van der Waals surface area contributed by atoms with Crippen molar-refractivity contribution in [3.63, 3.8) is 0 Å². The van der Waals surface area contributed by atoms with E-state index < -0.39 is 17.0 Å². The molecule has 0 spiro atoms. The summed E-state index contributed by atoms with van der Waals surface area (Å²) in [5.74, 6) is -0.549. The lowest BCUT2D eigenvalue weighted by Crippen LogP contribution is -2.37. The molecule has 3 heterocycles. The first-order chi connectivity index (χ1) is 16.0. The van der Waals surface area contributed by atoms with Crippen molar-refractivity contribution in [1.82, 2.24) is 25.3 Å². The van der Waals surface area contributed by atoms with Crippen molar-refractivity contribution >= 4 is 34.9 Å². The minimum Gasteiger partial charge on any atom is -0.354 e. The molecule has 3 aromatic rings. The highest BCUT2D eigenvalue weighted by atomic mass is 32.2. The van der Waals surface area contributed by atoms with Crippen molar-refractivity contribution in [1.29, 1.82) is 0 Å². The lowest BCUT2D eigenvalue weighted by molar-refractivity contribution is -0.124. The van der Waals surface area contributed by atoms with E-state index in [-0.39, 0.29) is 42.3 Å². The summed E-state index contributed by atoms with van der Waals surface area (Å²) in [6.45, 7) is 0.105. The van der Waals surface area contributed by atoms with E-state index in [9.17, 15) is 18.8 Å². The van der Waals surface area contributed by atoms with Crippen LogP contribution >= 0.6 is 11.8 Å². The maximum atomic E-state index is 13.8. The highest BCUT2D eigenvalue weighted by Crippen LogP contribution is 2.32. The largest absolute Gasteiger partial charge is 0.354 e. The first-order valence-electron chi connectivity index (χ1n) is 10.0. The number of rotatable bonds is 8. The molecule has 3 amide bonds. The average molecular weight is 467 g/mol. The number of benzene rings is 1. The van der Waals surface area contributed by atoms with Crippen molar-refractivity contribution in [2.24, 2.45) is 0 Å². The van der Waals surface area contributed by atoms with Crippen molar-refractivity contribution in [2.75, 3.05) is 13.1 Å². The number of imide groups is 1. The number of aromatic nitrogens is 3. The summed E-state index contributed by atoms with van der Waals surface area (Å²) in [6.07, 6.45) is 4.94. The van der Waals surface area contributed by atoms with Crippen LogP contribution in [0.25, 0.3) is 17.5 Å². The quantitative estimate of drug-likeness (QED) is 0.502. The van der Waals surface area contributed by atoms with Gasteiger partial charge >= 0.3 is 0 Å². The molecule has 1 saturated heterocycles. The van der Waals surface area contributed by atoms with Crippen molar-refractivity contribution in [2.45, 2.75) is 12.8 Å². The number of thioether (sulfide) groups is 1. The van der Waals surface area contributed by atoms with Crippen molar-refractivity contribution in [3.8, 4) is 11.4 Å². The molecule has 1 aliphatic heterocycles. The number of nitrogens with zero attached hydrogens (tertiary/aromatic N) is 4. The van der Waals surface area contributed by atoms with Crippen LogP contribution in [0, 0.1) is 5.82 Å². The number of carbonyl (C=O) groups excluding carboxylic acids is 3. The Hall–Kier alpha value is -3.86. The predicted molar refractivity (Wildman–Crippen MR) is 118 cm³/mol. The van der Waals surface area contributed by atoms with Crippen LogP contribution in [0.1, 0.15) is 17.9 Å². The third kappa shape index (κ3) is 5.50. The van der Waals surface area contributed by atoms with Gasteiger partial charge in [-0.25, -0.2) is 4.39 Å². The molecule has 2 aromatic heterocycles. The lowest BCUT2D eigenvalue weighted by Gasteiger charge is -2.12. The summed E-state index contributed by atoms with van der Waals surface area (Å²) in [4.78, 5) is 46.1. The number of hydrogen-bond acceptors (Lipinski definition) is 8. The molecule has 9 nitrogen and oxygen atoms in total. The Balaban J connectivity index is 1.24. The van der Waals surface area contributed by atoms with Crippen molar-refractivity contribution in [3.05, 3.63) is 71.0 Å². The van der Waals surface area contributed by atoms with Gasteiger partial charge in [0.1, 0.15) is 5.82 Å². The summed E-state index contributed by atoms with van der Waals surface area (Å²) in [6, 6.07) is 9.48. The van der Waals surface area contributed by atoms with Gasteiger partial charge in [-0.15, -0.1) is 0 Å². The Morgan fingerprint density at radius 2 is 1.97 bits per heavy atom. The first kappa shape index (κ1) is 22.3. The molecule has 0 saturated carbocycles. The third-order valence-electron chi connectivity index (χ3n) is 4.70. The first-order valence-corrected chi connectivity index (χ1v) is 10.8. The zero-order valence-corrected chi connectivity index (χ0v) is 18.0. The number of halogens is 1. The van der Waals surface area contributed by atoms with Gasteiger partial charge in [0, 0.05) is 49.5 Å². The molecule has 1 aromatic carbocycles. The second kappa shape index (κ2) is 10.2. The highest BCUT2D eigenvalue weighted by molar-refractivity contribution is 8.18. The van der Waals surface area contributed by atoms with Crippen LogP contribution < -0.4 is 5.32 Å². The topological polar surface area (TPSA) is 118 Å². The smallest absolute Gasteiger partial charge is 0.293 e. The monoisotopic (exact) mass is 467 g/mol. The highest BCUT2D eigenvalue weighted by Gasteiger charge is 2.34. The number of pyridine rings is 1. The van der Waals surface area contributed by atoms with E-state index >= 15 is 0 Å². The van der Waals surface area contributed by atoms with Gasteiger partial charge in [0.2, 0.25) is 17.6 Å². The van der Waals surface area contributed by atoms with Crippen LogP contribution in [0.4, 0.5) is 9.18 Å². The minimum atomic E-state index is -0.517. The Morgan fingerprint density at radius 1 is 1.18 bits per heavy atom. The maximum absolute atomic E-state index is 13.8. The van der Waals surface area contributed by atoms with Crippen LogP contribution in [0.3, 0.4) is 0 Å². The number of aryl methyl sites for hydroxylation is 1. The fourth-order valence-electron chi connectivity index (χ4n) is 3.02. The summed E-state index contributed by atoms with van der Waals surface area (Å²) in [5, 5.41) is 6.07. The number of nitrogens with one attached hydrogen (secondary N) is 1. The minimum absolute atomic E-state index is 0.0117. The van der Waals surface area contributed by atoms with Gasteiger partial charge in [-0.2, -0.15) is 4.98 Å². The molecule has 0 aliphatic carbocycles. The van der Waals surface area contributed by atoms with E-state index in [0.717, 1.165) is 22.2 Å². The fourth-order valence-corrected chi connectivity index (χ4v) is 3.87. The third-order valence-corrected chi connectivity index (χ3v) is 5.60. The molecule has 168 valence electrons. The predicted octanol–water partition coefficient (Wildman–Crippen LogP) is 3.06. The van der Waals surface area contributed by atoms with E-state index in [0.29, 0.717) is 11.7 Å². The van der Waals surface area contributed by atoms with E-state index in [2.05, 4.69) is 20.4 Å². The SMILES string of the molecule is O=C(CCc1nc(-c2ccncc2)no1)NCCN1C(=O)S/C(=C\c2ccccc2F)C1=O. The maximum Gasteiger partial charge on any atom is 0.293 e. The number of carbonyl (C=O) groups is 3. The van der Waals surface area contributed by atoms with Crippen LogP contribution in [-0.4, -0.2) is 50.2 Å².